The first-order chi connectivity index (χ1) is 18.9. The average molecular weight is 563 g/mol. The lowest BCUT2D eigenvalue weighted by Gasteiger charge is -2.24. The second kappa shape index (κ2) is 13.6. The number of hydrogen-bond donors (Lipinski definition) is 3. The summed E-state index contributed by atoms with van der Waals surface area (Å²) in [4.78, 5) is 27.2. The number of amides is 4. The van der Waals surface area contributed by atoms with Crippen LogP contribution in [0, 0.1) is 6.92 Å². The van der Waals surface area contributed by atoms with Gasteiger partial charge >= 0.3 is 12.1 Å². The lowest BCUT2D eigenvalue weighted by Crippen LogP contribution is -2.38. The maximum absolute atomic E-state index is 13.3. The Labute approximate surface area is 237 Å². The van der Waals surface area contributed by atoms with Crippen molar-refractivity contribution in [1.82, 2.24) is 5.32 Å². The number of urea groups is 2. The van der Waals surface area contributed by atoms with E-state index in [4.69, 9.17) is 27.9 Å². The van der Waals surface area contributed by atoms with E-state index in [1.165, 1.54) is 0 Å². The lowest BCUT2D eigenvalue weighted by atomic mass is 10.2. The number of rotatable bonds is 9. The van der Waals surface area contributed by atoms with Gasteiger partial charge in [0.25, 0.3) is 0 Å². The number of aryl methyl sites for hydroxylation is 1. The Morgan fingerprint density at radius 3 is 2.21 bits per heavy atom. The van der Waals surface area contributed by atoms with E-state index in [1.807, 2.05) is 73.7 Å². The van der Waals surface area contributed by atoms with Crippen molar-refractivity contribution in [3.63, 3.8) is 0 Å². The molecule has 0 atom stereocenters. The fraction of sp³-hybridized carbons (Fsp3) is 0.133. The van der Waals surface area contributed by atoms with Gasteiger partial charge in [-0.05, 0) is 85.6 Å². The van der Waals surface area contributed by atoms with Gasteiger partial charge in [-0.25, -0.2) is 9.59 Å². The smallest absolute Gasteiger partial charge is 0.326 e. The molecule has 0 aliphatic carbocycles. The van der Waals surface area contributed by atoms with Crippen LogP contribution in [0.4, 0.5) is 26.7 Å². The van der Waals surface area contributed by atoms with E-state index in [0.717, 1.165) is 11.3 Å². The molecule has 0 aliphatic heterocycles. The minimum atomic E-state index is -0.352. The van der Waals surface area contributed by atoms with Gasteiger partial charge in [-0.2, -0.15) is 0 Å². The fourth-order valence-electron chi connectivity index (χ4n) is 3.77. The summed E-state index contributed by atoms with van der Waals surface area (Å²) in [5, 5.41) is 9.25. The predicted molar refractivity (Wildman–Crippen MR) is 159 cm³/mol. The zero-order chi connectivity index (χ0) is 27.6. The minimum absolute atomic E-state index is 0.310. The van der Waals surface area contributed by atoms with Crippen LogP contribution in [0.5, 0.6) is 11.5 Å². The van der Waals surface area contributed by atoms with Gasteiger partial charge in [0.2, 0.25) is 0 Å². The molecular weight excluding hydrogens is 535 g/mol. The molecule has 0 radical (unpaired) electrons. The van der Waals surface area contributed by atoms with Crippen LogP contribution in [-0.2, 0) is 0 Å². The minimum Gasteiger partial charge on any atom is -0.457 e. The number of nitrogens with one attached hydrogen (secondary N) is 3. The molecule has 0 saturated heterocycles. The molecule has 0 bridgehead atoms. The highest BCUT2D eigenvalue weighted by Gasteiger charge is 2.17. The molecule has 0 fully saturated rings. The molecule has 4 aromatic rings. The number of para-hydroxylation sites is 1. The highest BCUT2D eigenvalue weighted by Crippen LogP contribution is 2.27. The summed E-state index contributed by atoms with van der Waals surface area (Å²) in [7, 11) is 0. The Balaban J connectivity index is 1.40. The molecule has 39 heavy (non-hydrogen) atoms. The quantitative estimate of drug-likeness (QED) is 0.179. The van der Waals surface area contributed by atoms with Crippen molar-refractivity contribution in [2.75, 3.05) is 28.6 Å². The second-order valence-corrected chi connectivity index (χ2v) is 9.54. The molecule has 200 valence electrons. The highest BCUT2D eigenvalue weighted by atomic mass is 35.5. The summed E-state index contributed by atoms with van der Waals surface area (Å²) in [6.07, 6.45) is 0.512. The first-order valence-corrected chi connectivity index (χ1v) is 13.1. The maximum Gasteiger partial charge on any atom is 0.326 e. The first-order valence-electron chi connectivity index (χ1n) is 12.4. The van der Waals surface area contributed by atoms with Crippen molar-refractivity contribution in [1.29, 1.82) is 0 Å². The number of anilines is 3. The normalized spacial score (nSPS) is 10.4. The standard InChI is InChI=1S/C30H28Cl2N4O3/c1-21-7-5-8-22(19-21)34-29(37)33-17-6-18-36(30(38)35-23-11-16-27(31)28(32)20-23)24-12-14-26(15-13-24)39-25-9-3-2-4-10-25/h2-5,7-16,19-20H,6,17-18H2,1H3,(H,35,38)(H2,33,34,37). The Bertz CT molecular complexity index is 1420. The lowest BCUT2D eigenvalue weighted by molar-refractivity contribution is 0.252. The van der Waals surface area contributed by atoms with Crippen LogP contribution in [0.15, 0.2) is 97.1 Å². The number of ether oxygens (including phenoxy) is 1. The number of nitrogens with zero attached hydrogens (tertiary/aromatic N) is 1. The average Bonchev–Trinajstić information content (AvgIpc) is 2.92. The molecule has 0 aliphatic rings. The number of carbonyl (C=O) groups is 2. The van der Waals surface area contributed by atoms with Gasteiger partial charge in [0.15, 0.2) is 0 Å². The second-order valence-electron chi connectivity index (χ2n) is 8.72. The van der Waals surface area contributed by atoms with Gasteiger partial charge in [0, 0.05) is 30.2 Å². The molecule has 9 heteroatoms. The topological polar surface area (TPSA) is 82.7 Å². The van der Waals surface area contributed by atoms with Crippen molar-refractivity contribution < 1.29 is 14.3 Å². The number of benzene rings is 4. The van der Waals surface area contributed by atoms with Crippen LogP contribution >= 0.6 is 23.2 Å². The van der Waals surface area contributed by atoms with Crippen LogP contribution in [0.3, 0.4) is 0 Å². The van der Waals surface area contributed by atoms with E-state index in [0.29, 0.717) is 52.4 Å². The number of hydrogen-bond acceptors (Lipinski definition) is 3. The molecular formula is C30H28Cl2N4O3. The Morgan fingerprint density at radius 1 is 0.769 bits per heavy atom. The van der Waals surface area contributed by atoms with E-state index in [-0.39, 0.29) is 12.1 Å². The van der Waals surface area contributed by atoms with Crippen molar-refractivity contribution >= 4 is 52.3 Å². The van der Waals surface area contributed by atoms with E-state index in [1.54, 1.807) is 35.2 Å². The van der Waals surface area contributed by atoms with Crippen molar-refractivity contribution in [2.45, 2.75) is 13.3 Å². The van der Waals surface area contributed by atoms with Crippen LogP contribution in [-0.4, -0.2) is 25.2 Å². The zero-order valence-electron chi connectivity index (χ0n) is 21.3. The fourth-order valence-corrected chi connectivity index (χ4v) is 4.07. The summed E-state index contributed by atoms with van der Waals surface area (Å²) in [5.74, 6) is 1.36. The third kappa shape index (κ3) is 8.40. The molecule has 3 N–H and O–H groups in total. The summed E-state index contributed by atoms with van der Waals surface area (Å²) in [5.41, 5.74) is 2.95. The van der Waals surface area contributed by atoms with Crippen LogP contribution in [0.2, 0.25) is 10.0 Å². The van der Waals surface area contributed by atoms with Gasteiger partial charge in [-0.1, -0.05) is 53.5 Å². The van der Waals surface area contributed by atoms with Gasteiger partial charge in [0.05, 0.1) is 10.0 Å². The summed E-state index contributed by atoms with van der Waals surface area (Å²) in [6.45, 7) is 2.67. The molecule has 0 saturated carbocycles. The predicted octanol–water partition coefficient (Wildman–Crippen LogP) is 8.34. The molecule has 0 aromatic heterocycles. The molecule has 0 unspecified atom stereocenters. The van der Waals surface area contributed by atoms with E-state index >= 15 is 0 Å². The van der Waals surface area contributed by atoms with Crippen LogP contribution < -0.4 is 25.6 Å². The van der Waals surface area contributed by atoms with E-state index in [9.17, 15) is 9.59 Å². The van der Waals surface area contributed by atoms with Gasteiger partial charge in [0.1, 0.15) is 11.5 Å². The third-order valence-corrected chi connectivity index (χ3v) is 6.40. The number of carbonyl (C=O) groups excluding carboxylic acids is 2. The SMILES string of the molecule is Cc1cccc(NC(=O)NCCCN(C(=O)Nc2ccc(Cl)c(Cl)c2)c2ccc(Oc3ccccc3)cc2)c1. The van der Waals surface area contributed by atoms with Gasteiger partial charge in [-0.3, -0.25) is 4.90 Å². The first kappa shape index (κ1) is 27.8. The van der Waals surface area contributed by atoms with Gasteiger partial charge < -0.3 is 20.7 Å². The molecule has 7 nitrogen and oxygen atoms in total. The summed E-state index contributed by atoms with van der Waals surface area (Å²) < 4.78 is 5.87. The van der Waals surface area contributed by atoms with Crippen molar-refractivity contribution in [3.8, 4) is 11.5 Å². The summed E-state index contributed by atoms with van der Waals surface area (Å²) in [6, 6.07) is 28.5. The molecule has 4 aromatic carbocycles. The Hall–Kier alpha value is -4.20. The highest BCUT2D eigenvalue weighted by molar-refractivity contribution is 6.42. The number of halogens is 2. The monoisotopic (exact) mass is 562 g/mol. The maximum atomic E-state index is 13.3. The van der Waals surface area contributed by atoms with E-state index in [2.05, 4.69) is 16.0 Å². The Kier molecular flexibility index (Phi) is 9.67. The van der Waals surface area contributed by atoms with Crippen molar-refractivity contribution in [3.05, 3.63) is 113 Å². The zero-order valence-corrected chi connectivity index (χ0v) is 22.8. The third-order valence-electron chi connectivity index (χ3n) is 5.66. The Morgan fingerprint density at radius 2 is 1.49 bits per heavy atom. The largest absolute Gasteiger partial charge is 0.457 e. The summed E-state index contributed by atoms with van der Waals surface area (Å²) >= 11 is 12.1. The molecule has 0 spiro atoms. The van der Waals surface area contributed by atoms with E-state index < -0.39 is 0 Å². The van der Waals surface area contributed by atoms with Crippen LogP contribution in [0.25, 0.3) is 0 Å². The molecule has 4 rings (SSSR count). The van der Waals surface area contributed by atoms with Crippen LogP contribution in [0.1, 0.15) is 12.0 Å². The van der Waals surface area contributed by atoms with Crippen molar-refractivity contribution in [2.24, 2.45) is 0 Å². The molecule has 4 amide bonds. The molecule has 0 heterocycles. The van der Waals surface area contributed by atoms with Gasteiger partial charge in [-0.15, -0.1) is 0 Å².